The monoisotopic (exact) mass is 210 g/mol. The van der Waals surface area contributed by atoms with Crippen molar-refractivity contribution in [1.29, 1.82) is 0 Å². The third-order valence-electron chi connectivity index (χ3n) is 2.35. The van der Waals surface area contributed by atoms with E-state index in [-0.39, 0.29) is 12.5 Å². The molecule has 1 aliphatic rings. The SMILES string of the molecule is O=C(O)C1CN(C(=O)Cn2ccnn2)C1. The molecular weight excluding hydrogens is 200 g/mol. The first-order chi connectivity index (χ1) is 7.16. The molecule has 1 N–H and O–H groups in total. The second kappa shape index (κ2) is 3.68. The van der Waals surface area contributed by atoms with E-state index in [9.17, 15) is 9.59 Å². The van der Waals surface area contributed by atoms with Gasteiger partial charge in [-0.3, -0.25) is 9.59 Å². The highest BCUT2D eigenvalue weighted by molar-refractivity contribution is 5.80. The van der Waals surface area contributed by atoms with Crippen LogP contribution in [-0.2, 0) is 16.1 Å². The molecule has 1 saturated heterocycles. The molecule has 0 spiro atoms. The van der Waals surface area contributed by atoms with Gasteiger partial charge >= 0.3 is 5.97 Å². The number of carboxylic acid groups (broad SMARTS) is 1. The number of likely N-dealkylation sites (tertiary alicyclic amines) is 1. The van der Waals surface area contributed by atoms with Crippen molar-refractivity contribution in [3.05, 3.63) is 12.4 Å². The number of aromatic nitrogens is 3. The largest absolute Gasteiger partial charge is 0.481 e. The summed E-state index contributed by atoms with van der Waals surface area (Å²) in [6.07, 6.45) is 3.08. The van der Waals surface area contributed by atoms with Gasteiger partial charge < -0.3 is 10.0 Å². The van der Waals surface area contributed by atoms with Crippen molar-refractivity contribution in [2.24, 2.45) is 5.92 Å². The van der Waals surface area contributed by atoms with Gasteiger partial charge in [-0.1, -0.05) is 5.21 Å². The Morgan fingerprint density at radius 1 is 1.47 bits per heavy atom. The minimum Gasteiger partial charge on any atom is -0.481 e. The summed E-state index contributed by atoms with van der Waals surface area (Å²) in [7, 11) is 0. The van der Waals surface area contributed by atoms with Crippen LogP contribution in [0, 0.1) is 5.92 Å². The number of carbonyl (C=O) groups excluding carboxylic acids is 1. The van der Waals surface area contributed by atoms with Crippen molar-refractivity contribution in [2.75, 3.05) is 13.1 Å². The molecule has 0 aromatic carbocycles. The Morgan fingerprint density at radius 3 is 2.73 bits per heavy atom. The van der Waals surface area contributed by atoms with Crippen molar-refractivity contribution >= 4 is 11.9 Å². The van der Waals surface area contributed by atoms with E-state index in [0.717, 1.165) is 0 Å². The van der Waals surface area contributed by atoms with Crippen LogP contribution in [0.1, 0.15) is 0 Å². The number of carbonyl (C=O) groups is 2. The van der Waals surface area contributed by atoms with Crippen LogP contribution < -0.4 is 0 Å². The van der Waals surface area contributed by atoms with Crippen molar-refractivity contribution in [1.82, 2.24) is 19.9 Å². The Hall–Kier alpha value is -1.92. The molecule has 0 unspecified atom stereocenters. The lowest BCUT2D eigenvalue weighted by molar-refractivity contribution is -0.153. The van der Waals surface area contributed by atoms with Crippen LogP contribution in [0.15, 0.2) is 12.4 Å². The summed E-state index contributed by atoms with van der Waals surface area (Å²) in [5.41, 5.74) is 0. The molecule has 1 aliphatic heterocycles. The quantitative estimate of drug-likeness (QED) is 0.678. The van der Waals surface area contributed by atoms with Gasteiger partial charge in [-0.15, -0.1) is 5.10 Å². The van der Waals surface area contributed by atoms with Gasteiger partial charge in [0, 0.05) is 19.3 Å². The van der Waals surface area contributed by atoms with Gasteiger partial charge in [0.25, 0.3) is 0 Å². The first-order valence-electron chi connectivity index (χ1n) is 4.51. The molecule has 1 aromatic heterocycles. The first kappa shape index (κ1) is 9.63. The summed E-state index contributed by atoms with van der Waals surface area (Å²) in [4.78, 5) is 23.5. The van der Waals surface area contributed by atoms with Gasteiger partial charge in [-0.05, 0) is 0 Å². The van der Waals surface area contributed by atoms with E-state index < -0.39 is 11.9 Å². The zero-order valence-corrected chi connectivity index (χ0v) is 7.91. The van der Waals surface area contributed by atoms with Gasteiger partial charge in [0.15, 0.2) is 0 Å². The molecule has 0 aliphatic carbocycles. The minimum absolute atomic E-state index is 0.117. The Balaban J connectivity index is 1.82. The van der Waals surface area contributed by atoms with E-state index >= 15 is 0 Å². The second-order valence-corrected chi connectivity index (χ2v) is 3.43. The predicted molar refractivity (Wildman–Crippen MR) is 47.7 cm³/mol. The lowest BCUT2D eigenvalue weighted by atomic mass is 10.0. The van der Waals surface area contributed by atoms with Crippen LogP contribution in [0.3, 0.4) is 0 Å². The molecule has 0 atom stereocenters. The maximum Gasteiger partial charge on any atom is 0.310 e. The molecule has 0 radical (unpaired) electrons. The fourth-order valence-electron chi connectivity index (χ4n) is 1.39. The average Bonchev–Trinajstić information content (AvgIpc) is 2.52. The number of rotatable bonds is 3. The molecule has 80 valence electrons. The summed E-state index contributed by atoms with van der Waals surface area (Å²) in [6.45, 7) is 0.706. The number of hydrogen-bond acceptors (Lipinski definition) is 4. The molecule has 7 heteroatoms. The topological polar surface area (TPSA) is 88.3 Å². The maximum absolute atomic E-state index is 11.5. The first-order valence-corrected chi connectivity index (χ1v) is 4.51. The number of nitrogens with zero attached hydrogens (tertiary/aromatic N) is 4. The third kappa shape index (κ3) is 1.95. The van der Waals surface area contributed by atoms with E-state index in [0.29, 0.717) is 13.1 Å². The zero-order valence-electron chi connectivity index (χ0n) is 7.91. The van der Waals surface area contributed by atoms with E-state index in [1.807, 2.05) is 0 Å². The summed E-state index contributed by atoms with van der Waals surface area (Å²) in [5, 5.41) is 15.8. The molecule has 0 bridgehead atoms. The van der Waals surface area contributed by atoms with Crippen LogP contribution in [0.2, 0.25) is 0 Å². The standard InChI is InChI=1S/C8H10N4O3/c13-7(5-12-2-1-9-10-12)11-3-6(4-11)8(14)15/h1-2,6H,3-5H2,(H,14,15). The Bertz CT molecular complexity index is 369. The molecule has 1 amide bonds. The Labute approximate surface area is 85.3 Å². The van der Waals surface area contributed by atoms with E-state index in [2.05, 4.69) is 10.3 Å². The smallest absolute Gasteiger partial charge is 0.310 e. The van der Waals surface area contributed by atoms with Crippen molar-refractivity contribution in [2.45, 2.75) is 6.54 Å². The van der Waals surface area contributed by atoms with E-state index in [4.69, 9.17) is 5.11 Å². The van der Waals surface area contributed by atoms with Gasteiger partial charge in [0.1, 0.15) is 6.54 Å². The Kier molecular flexibility index (Phi) is 2.36. The molecule has 2 rings (SSSR count). The van der Waals surface area contributed by atoms with Gasteiger partial charge in [-0.25, -0.2) is 4.68 Å². The fourth-order valence-corrected chi connectivity index (χ4v) is 1.39. The molecule has 15 heavy (non-hydrogen) atoms. The highest BCUT2D eigenvalue weighted by Crippen LogP contribution is 2.15. The number of amides is 1. The van der Waals surface area contributed by atoms with Gasteiger partial charge in [0.05, 0.1) is 12.1 Å². The highest BCUT2D eigenvalue weighted by atomic mass is 16.4. The zero-order chi connectivity index (χ0) is 10.8. The predicted octanol–water partition coefficient (Wildman–Crippen LogP) is -1.18. The number of aliphatic carboxylic acids is 1. The summed E-state index contributed by atoms with van der Waals surface area (Å²) >= 11 is 0. The molecule has 7 nitrogen and oxygen atoms in total. The molecule has 0 saturated carbocycles. The lowest BCUT2D eigenvalue weighted by Crippen LogP contribution is -2.53. The van der Waals surface area contributed by atoms with Crippen molar-refractivity contribution in [3.8, 4) is 0 Å². The molecule has 1 aromatic rings. The summed E-state index contributed by atoms with van der Waals surface area (Å²) in [5.74, 6) is -1.39. The van der Waals surface area contributed by atoms with Gasteiger partial charge in [-0.2, -0.15) is 0 Å². The van der Waals surface area contributed by atoms with Crippen molar-refractivity contribution in [3.63, 3.8) is 0 Å². The highest BCUT2D eigenvalue weighted by Gasteiger charge is 2.35. The number of carboxylic acids is 1. The van der Waals surface area contributed by atoms with Gasteiger partial charge in [0.2, 0.25) is 5.91 Å². The summed E-state index contributed by atoms with van der Waals surface area (Å²) < 4.78 is 1.41. The van der Waals surface area contributed by atoms with E-state index in [1.165, 1.54) is 15.8 Å². The fraction of sp³-hybridized carbons (Fsp3) is 0.500. The normalized spacial score (nSPS) is 16.1. The Morgan fingerprint density at radius 2 is 2.20 bits per heavy atom. The minimum atomic E-state index is -0.847. The lowest BCUT2D eigenvalue weighted by Gasteiger charge is -2.36. The van der Waals surface area contributed by atoms with E-state index in [1.54, 1.807) is 6.20 Å². The molecular formula is C8H10N4O3. The van der Waals surface area contributed by atoms with Crippen LogP contribution in [0.5, 0.6) is 0 Å². The average molecular weight is 210 g/mol. The maximum atomic E-state index is 11.5. The van der Waals surface area contributed by atoms with Crippen LogP contribution in [-0.4, -0.2) is 50.0 Å². The summed E-state index contributed by atoms with van der Waals surface area (Å²) in [6, 6.07) is 0. The number of hydrogen-bond donors (Lipinski definition) is 1. The molecule has 2 heterocycles. The van der Waals surface area contributed by atoms with Crippen LogP contribution >= 0.6 is 0 Å². The van der Waals surface area contributed by atoms with Crippen LogP contribution in [0.4, 0.5) is 0 Å². The second-order valence-electron chi connectivity index (χ2n) is 3.43. The third-order valence-corrected chi connectivity index (χ3v) is 2.35. The van der Waals surface area contributed by atoms with Crippen LogP contribution in [0.25, 0.3) is 0 Å². The molecule has 1 fully saturated rings. The van der Waals surface area contributed by atoms with Crippen molar-refractivity contribution < 1.29 is 14.7 Å².